The Bertz CT molecular complexity index is 1340. The molecule has 0 spiro atoms. The van der Waals surface area contributed by atoms with Gasteiger partial charge >= 0.3 is 0 Å². The maximum Gasteiger partial charge on any atom is 0.244 e. The third-order valence-electron chi connectivity index (χ3n) is 5.57. The van der Waals surface area contributed by atoms with Crippen LogP contribution in [0.15, 0.2) is 77.7 Å². The van der Waals surface area contributed by atoms with Gasteiger partial charge in [-0.15, -0.1) is 11.8 Å². The summed E-state index contributed by atoms with van der Waals surface area (Å²) in [5.41, 5.74) is 2.50. The first kappa shape index (κ1) is 23.4. The molecule has 1 aliphatic rings. The van der Waals surface area contributed by atoms with Crippen molar-refractivity contribution in [3.63, 3.8) is 0 Å². The van der Waals surface area contributed by atoms with Crippen molar-refractivity contribution in [3.8, 4) is 5.75 Å². The number of carbonyl (C=O) groups excluding carboxylic acids is 2. The number of ether oxygens (including phenoxy) is 1. The fourth-order valence-electron chi connectivity index (χ4n) is 3.63. The van der Waals surface area contributed by atoms with Gasteiger partial charge in [-0.25, -0.2) is 4.98 Å². The number of amides is 2. The van der Waals surface area contributed by atoms with Crippen molar-refractivity contribution in [1.82, 2.24) is 4.98 Å². The molecule has 0 bridgehead atoms. The second-order valence-corrected chi connectivity index (χ2v) is 10.5. The minimum Gasteiger partial charge on any atom is -0.494 e. The van der Waals surface area contributed by atoms with E-state index in [0.717, 1.165) is 45.0 Å². The smallest absolute Gasteiger partial charge is 0.244 e. The van der Waals surface area contributed by atoms with E-state index in [2.05, 4.69) is 15.6 Å². The van der Waals surface area contributed by atoms with Crippen LogP contribution in [0.3, 0.4) is 0 Å². The summed E-state index contributed by atoms with van der Waals surface area (Å²) in [6, 6.07) is 23.1. The Kier molecular flexibility index (Phi) is 7.01. The van der Waals surface area contributed by atoms with Crippen LogP contribution >= 0.6 is 23.1 Å². The molecule has 0 saturated heterocycles. The third kappa shape index (κ3) is 5.83. The first-order chi connectivity index (χ1) is 17.1. The van der Waals surface area contributed by atoms with Crippen LogP contribution in [0.25, 0.3) is 10.2 Å². The Labute approximate surface area is 212 Å². The van der Waals surface area contributed by atoms with Gasteiger partial charge in [0.1, 0.15) is 11.0 Å². The summed E-state index contributed by atoms with van der Waals surface area (Å²) in [5, 5.41) is 6.05. The minimum atomic E-state index is -0.464. The lowest BCUT2D eigenvalue weighted by atomic mass is 10.1. The quantitative estimate of drug-likeness (QED) is 0.254. The summed E-state index contributed by atoms with van der Waals surface area (Å²) < 4.78 is 6.53. The SMILES string of the molecule is CCOc1ccc2nc(NC(=O)C(Sc3ccc(NC(=O)C4CC4)cc3)c3ccccc3)sc2c1. The van der Waals surface area contributed by atoms with Gasteiger partial charge in [-0.2, -0.15) is 0 Å². The van der Waals surface area contributed by atoms with Crippen LogP contribution < -0.4 is 15.4 Å². The predicted octanol–water partition coefficient (Wildman–Crippen LogP) is 6.52. The van der Waals surface area contributed by atoms with E-state index in [1.54, 1.807) is 0 Å². The average molecular weight is 504 g/mol. The number of rotatable bonds is 9. The molecule has 6 nitrogen and oxygen atoms in total. The van der Waals surface area contributed by atoms with E-state index in [-0.39, 0.29) is 17.7 Å². The van der Waals surface area contributed by atoms with Gasteiger partial charge in [0, 0.05) is 16.5 Å². The number of thiazole rings is 1. The van der Waals surface area contributed by atoms with Crippen molar-refractivity contribution >= 4 is 55.9 Å². The first-order valence-electron chi connectivity index (χ1n) is 11.6. The summed E-state index contributed by atoms with van der Waals surface area (Å²) >= 11 is 2.89. The maximum absolute atomic E-state index is 13.4. The first-order valence-corrected chi connectivity index (χ1v) is 13.3. The monoisotopic (exact) mass is 503 g/mol. The Morgan fingerprint density at radius 3 is 2.54 bits per heavy atom. The Hall–Kier alpha value is -3.36. The molecule has 3 aromatic carbocycles. The van der Waals surface area contributed by atoms with Crippen LogP contribution in [0, 0.1) is 5.92 Å². The molecule has 1 aromatic heterocycles. The van der Waals surface area contributed by atoms with Crippen molar-refractivity contribution in [3.05, 3.63) is 78.4 Å². The van der Waals surface area contributed by atoms with E-state index in [1.807, 2.05) is 79.7 Å². The summed E-state index contributed by atoms with van der Waals surface area (Å²) in [5.74, 6) is 0.882. The zero-order valence-corrected chi connectivity index (χ0v) is 20.8. The number of benzene rings is 3. The zero-order chi connectivity index (χ0) is 24.2. The van der Waals surface area contributed by atoms with E-state index in [9.17, 15) is 9.59 Å². The van der Waals surface area contributed by atoms with Crippen LogP contribution in [0.4, 0.5) is 10.8 Å². The molecule has 1 saturated carbocycles. The van der Waals surface area contributed by atoms with E-state index < -0.39 is 5.25 Å². The highest BCUT2D eigenvalue weighted by Crippen LogP contribution is 2.38. The van der Waals surface area contributed by atoms with Crippen LogP contribution in [-0.4, -0.2) is 23.4 Å². The molecule has 1 fully saturated rings. The number of nitrogens with one attached hydrogen (secondary N) is 2. The molecule has 0 radical (unpaired) electrons. The number of anilines is 2. The highest BCUT2D eigenvalue weighted by molar-refractivity contribution is 8.00. The number of aromatic nitrogens is 1. The van der Waals surface area contributed by atoms with Gasteiger partial charge in [-0.05, 0) is 67.8 Å². The van der Waals surface area contributed by atoms with Crippen molar-refractivity contribution in [1.29, 1.82) is 0 Å². The normalized spacial score (nSPS) is 13.9. The fraction of sp³-hybridized carbons (Fsp3) is 0.222. The molecule has 1 heterocycles. The molecular formula is C27H25N3O3S2. The number of fused-ring (bicyclic) bond motifs is 1. The predicted molar refractivity (Wildman–Crippen MR) is 142 cm³/mol. The number of carbonyl (C=O) groups is 2. The summed E-state index contributed by atoms with van der Waals surface area (Å²) in [6.07, 6.45) is 1.94. The topological polar surface area (TPSA) is 80.3 Å². The highest BCUT2D eigenvalue weighted by Gasteiger charge is 2.29. The summed E-state index contributed by atoms with van der Waals surface area (Å²) in [6.45, 7) is 2.54. The van der Waals surface area contributed by atoms with E-state index in [1.165, 1.54) is 23.1 Å². The van der Waals surface area contributed by atoms with Crippen LogP contribution in [0.2, 0.25) is 0 Å². The number of hydrogen-bond donors (Lipinski definition) is 2. The van der Waals surface area contributed by atoms with Crippen molar-refractivity contribution < 1.29 is 14.3 Å². The van der Waals surface area contributed by atoms with E-state index in [4.69, 9.17) is 4.74 Å². The second-order valence-electron chi connectivity index (χ2n) is 8.27. The lowest BCUT2D eigenvalue weighted by molar-refractivity contribution is -0.117. The Morgan fingerprint density at radius 2 is 1.83 bits per heavy atom. The van der Waals surface area contributed by atoms with Gasteiger partial charge in [0.05, 0.1) is 16.8 Å². The maximum atomic E-state index is 13.4. The molecule has 0 aliphatic heterocycles. The number of hydrogen-bond acceptors (Lipinski definition) is 6. The molecule has 178 valence electrons. The summed E-state index contributed by atoms with van der Waals surface area (Å²) in [7, 11) is 0. The molecule has 1 unspecified atom stereocenters. The number of thioether (sulfide) groups is 1. The van der Waals surface area contributed by atoms with E-state index >= 15 is 0 Å². The summed E-state index contributed by atoms with van der Waals surface area (Å²) in [4.78, 5) is 30.9. The van der Waals surface area contributed by atoms with Gasteiger partial charge in [0.15, 0.2) is 5.13 Å². The number of nitrogens with zero attached hydrogens (tertiary/aromatic N) is 1. The highest BCUT2D eigenvalue weighted by atomic mass is 32.2. The molecule has 35 heavy (non-hydrogen) atoms. The molecule has 4 aromatic rings. The lowest BCUT2D eigenvalue weighted by Gasteiger charge is -2.16. The van der Waals surface area contributed by atoms with Crippen LogP contribution in [0.5, 0.6) is 5.75 Å². The van der Waals surface area contributed by atoms with Gasteiger partial charge in [-0.1, -0.05) is 41.7 Å². The van der Waals surface area contributed by atoms with Crippen molar-refractivity contribution in [2.45, 2.75) is 29.9 Å². The van der Waals surface area contributed by atoms with Crippen molar-refractivity contribution in [2.75, 3.05) is 17.2 Å². The standard InChI is InChI=1S/C27H25N3O3S2/c1-2-33-20-12-15-22-23(16-20)35-27(29-22)30-26(32)24(17-6-4-3-5-7-17)34-21-13-10-19(11-14-21)28-25(31)18-8-9-18/h3-7,10-16,18,24H,2,8-9H2,1H3,(H,28,31)(H,29,30,32). The van der Waals surface area contributed by atoms with Gasteiger partial charge in [-0.3, -0.25) is 9.59 Å². The lowest BCUT2D eigenvalue weighted by Crippen LogP contribution is -2.18. The molecular weight excluding hydrogens is 478 g/mol. The largest absolute Gasteiger partial charge is 0.494 e. The zero-order valence-electron chi connectivity index (χ0n) is 19.2. The fourth-order valence-corrected chi connectivity index (χ4v) is 5.55. The second kappa shape index (κ2) is 10.5. The molecule has 1 aliphatic carbocycles. The van der Waals surface area contributed by atoms with Gasteiger partial charge in [0.2, 0.25) is 11.8 Å². The molecule has 5 rings (SSSR count). The Balaban J connectivity index is 1.32. The van der Waals surface area contributed by atoms with Crippen molar-refractivity contribution in [2.24, 2.45) is 5.92 Å². The molecule has 2 amide bonds. The third-order valence-corrected chi connectivity index (χ3v) is 7.77. The van der Waals surface area contributed by atoms with Gasteiger partial charge < -0.3 is 15.4 Å². The molecule has 2 N–H and O–H groups in total. The molecule has 1 atom stereocenters. The van der Waals surface area contributed by atoms with Crippen LogP contribution in [-0.2, 0) is 9.59 Å². The van der Waals surface area contributed by atoms with E-state index in [0.29, 0.717) is 11.7 Å². The van der Waals surface area contributed by atoms with Gasteiger partial charge in [0.25, 0.3) is 0 Å². The average Bonchev–Trinajstić information content (AvgIpc) is 3.65. The Morgan fingerprint density at radius 1 is 1.06 bits per heavy atom. The molecule has 8 heteroatoms. The minimum absolute atomic E-state index is 0.0798. The van der Waals surface area contributed by atoms with Crippen LogP contribution in [0.1, 0.15) is 30.6 Å².